The summed E-state index contributed by atoms with van der Waals surface area (Å²) in [4.78, 5) is 0. The SMILES string of the molecule is OCc1cccc(-c2cccc(-c3ccc4c5ccccc5c5ccccc5c4c3)c2)c1. The summed E-state index contributed by atoms with van der Waals surface area (Å²) in [5.41, 5.74) is 5.60. The maximum atomic E-state index is 9.50. The molecule has 1 N–H and O–H groups in total. The van der Waals surface area contributed by atoms with E-state index in [1.807, 2.05) is 12.1 Å². The molecule has 0 bridgehead atoms. The van der Waals surface area contributed by atoms with Crippen LogP contribution in [0, 0.1) is 0 Å². The summed E-state index contributed by atoms with van der Waals surface area (Å²) in [6.07, 6.45) is 0. The van der Waals surface area contributed by atoms with Crippen LogP contribution in [0.1, 0.15) is 5.56 Å². The Labute approximate surface area is 187 Å². The lowest BCUT2D eigenvalue weighted by atomic mass is 9.91. The van der Waals surface area contributed by atoms with Crippen LogP contribution in [-0.4, -0.2) is 5.11 Å². The maximum absolute atomic E-state index is 9.50. The lowest BCUT2D eigenvalue weighted by Gasteiger charge is -2.12. The minimum atomic E-state index is 0.0548. The number of aliphatic hydroxyl groups is 1. The Morgan fingerprint density at radius 1 is 0.375 bits per heavy atom. The van der Waals surface area contributed by atoms with Gasteiger partial charge in [-0.25, -0.2) is 0 Å². The van der Waals surface area contributed by atoms with E-state index >= 15 is 0 Å². The second-order valence-electron chi connectivity index (χ2n) is 8.29. The first kappa shape index (κ1) is 18.8. The van der Waals surface area contributed by atoms with Crippen molar-refractivity contribution in [2.45, 2.75) is 6.61 Å². The van der Waals surface area contributed by atoms with E-state index in [1.54, 1.807) is 0 Å². The van der Waals surface area contributed by atoms with Gasteiger partial charge >= 0.3 is 0 Å². The van der Waals surface area contributed by atoms with Gasteiger partial charge in [0.2, 0.25) is 0 Å². The molecule has 152 valence electrons. The van der Waals surface area contributed by atoms with Crippen molar-refractivity contribution in [3.63, 3.8) is 0 Å². The molecule has 6 rings (SSSR count). The van der Waals surface area contributed by atoms with E-state index in [2.05, 4.69) is 103 Å². The fourth-order valence-electron chi connectivity index (χ4n) is 4.81. The van der Waals surface area contributed by atoms with Gasteiger partial charge in [0.05, 0.1) is 6.61 Å². The minimum Gasteiger partial charge on any atom is -0.392 e. The Morgan fingerprint density at radius 2 is 0.844 bits per heavy atom. The third kappa shape index (κ3) is 3.07. The zero-order chi connectivity index (χ0) is 21.5. The van der Waals surface area contributed by atoms with Crippen LogP contribution >= 0.6 is 0 Å². The van der Waals surface area contributed by atoms with Gasteiger partial charge < -0.3 is 5.11 Å². The maximum Gasteiger partial charge on any atom is 0.0682 e. The Morgan fingerprint density at radius 3 is 1.44 bits per heavy atom. The van der Waals surface area contributed by atoms with E-state index < -0.39 is 0 Å². The molecule has 0 unspecified atom stereocenters. The standard InChI is InChI=1S/C31H22O/c32-20-21-7-5-8-22(17-21)23-9-6-10-24(18-23)25-15-16-30-28-13-2-1-11-26(28)27-12-3-4-14-29(27)31(30)19-25/h1-19,32H,20H2. The van der Waals surface area contributed by atoms with E-state index in [0.717, 1.165) is 16.7 Å². The quantitative estimate of drug-likeness (QED) is 0.293. The van der Waals surface area contributed by atoms with E-state index in [-0.39, 0.29) is 6.61 Å². The monoisotopic (exact) mass is 410 g/mol. The van der Waals surface area contributed by atoms with Gasteiger partial charge in [-0.15, -0.1) is 0 Å². The normalized spacial score (nSPS) is 11.4. The van der Waals surface area contributed by atoms with Gasteiger partial charge in [0.1, 0.15) is 0 Å². The van der Waals surface area contributed by atoms with Crippen molar-refractivity contribution < 1.29 is 5.11 Å². The molecule has 0 atom stereocenters. The second-order valence-corrected chi connectivity index (χ2v) is 8.29. The molecule has 0 radical (unpaired) electrons. The van der Waals surface area contributed by atoms with Crippen LogP contribution in [0.4, 0.5) is 0 Å². The highest BCUT2D eigenvalue weighted by molar-refractivity contribution is 6.25. The summed E-state index contributed by atoms with van der Waals surface area (Å²) in [6.45, 7) is 0.0548. The van der Waals surface area contributed by atoms with Crippen LogP contribution < -0.4 is 0 Å². The molecule has 0 aromatic heterocycles. The Bertz CT molecular complexity index is 1580. The lowest BCUT2D eigenvalue weighted by Crippen LogP contribution is -1.87. The van der Waals surface area contributed by atoms with Gasteiger partial charge in [-0.2, -0.15) is 0 Å². The minimum absolute atomic E-state index is 0.0548. The Hall–Kier alpha value is -3.94. The van der Waals surface area contributed by atoms with Crippen LogP contribution in [0.2, 0.25) is 0 Å². The summed E-state index contributed by atoms with van der Waals surface area (Å²) in [6, 6.07) is 40.9. The van der Waals surface area contributed by atoms with E-state index in [0.29, 0.717) is 0 Å². The summed E-state index contributed by atoms with van der Waals surface area (Å²) in [5.74, 6) is 0. The van der Waals surface area contributed by atoms with Gasteiger partial charge in [-0.3, -0.25) is 0 Å². The zero-order valence-corrected chi connectivity index (χ0v) is 17.6. The predicted octanol–water partition coefficient (Wildman–Crippen LogP) is 7.97. The molecule has 0 amide bonds. The molecule has 0 heterocycles. The molecule has 0 spiro atoms. The second kappa shape index (κ2) is 7.64. The molecule has 1 heteroatoms. The Balaban J connectivity index is 1.57. The van der Waals surface area contributed by atoms with Crippen molar-refractivity contribution in [3.8, 4) is 22.3 Å². The number of fused-ring (bicyclic) bond motifs is 6. The third-order valence-electron chi connectivity index (χ3n) is 6.38. The Kier molecular flexibility index (Phi) is 4.49. The number of hydrogen-bond donors (Lipinski definition) is 1. The van der Waals surface area contributed by atoms with Crippen molar-refractivity contribution in [2.75, 3.05) is 0 Å². The summed E-state index contributed by atoms with van der Waals surface area (Å²) < 4.78 is 0. The lowest BCUT2D eigenvalue weighted by molar-refractivity contribution is 0.282. The first-order valence-electron chi connectivity index (χ1n) is 11.0. The van der Waals surface area contributed by atoms with Crippen molar-refractivity contribution in [1.29, 1.82) is 0 Å². The van der Waals surface area contributed by atoms with Crippen LogP contribution in [0.15, 0.2) is 115 Å². The van der Waals surface area contributed by atoms with Gasteiger partial charge in [-0.05, 0) is 78.3 Å². The first-order valence-corrected chi connectivity index (χ1v) is 11.0. The highest BCUT2D eigenvalue weighted by atomic mass is 16.3. The van der Waals surface area contributed by atoms with Gasteiger partial charge in [-0.1, -0.05) is 97.1 Å². The topological polar surface area (TPSA) is 20.2 Å². The molecule has 6 aromatic carbocycles. The zero-order valence-electron chi connectivity index (χ0n) is 17.6. The number of hydrogen-bond acceptors (Lipinski definition) is 1. The average Bonchev–Trinajstić information content (AvgIpc) is 2.88. The van der Waals surface area contributed by atoms with Crippen LogP contribution in [0.25, 0.3) is 54.6 Å². The summed E-state index contributed by atoms with van der Waals surface area (Å²) in [7, 11) is 0. The van der Waals surface area contributed by atoms with Crippen LogP contribution in [-0.2, 0) is 6.61 Å². The third-order valence-corrected chi connectivity index (χ3v) is 6.38. The predicted molar refractivity (Wildman–Crippen MR) is 136 cm³/mol. The van der Waals surface area contributed by atoms with Crippen LogP contribution in [0.3, 0.4) is 0 Å². The van der Waals surface area contributed by atoms with Crippen molar-refractivity contribution in [1.82, 2.24) is 0 Å². The van der Waals surface area contributed by atoms with Crippen molar-refractivity contribution in [2.24, 2.45) is 0 Å². The molecule has 0 aliphatic rings. The van der Waals surface area contributed by atoms with E-state index in [1.165, 1.54) is 43.4 Å². The number of benzene rings is 6. The molecule has 6 aromatic rings. The molecule has 0 fully saturated rings. The van der Waals surface area contributed by atoms with Gasteiger partial charge in [0.25, 0.3) is 0 Å². The molecular weight excluding hydrogens is 388 g/mol. The van der Waals surface area contributed by atoms with Crippen molar-refractivity contribution >= 4 is 32.3 Å². The van der Waals surface area contributed by atoms with Crippen molar-refractivity contribution in [3.05, 3.63) is 121 Å². The first-order chi connectivity index (χ1) is 15.8. The fraction of sp³-hybridized carbons (Fsp3) is 0.0323. The van der Waals surface area contributed by atoms with Gasteiger partial charge in [0.15, 0.2) is 0 Å². The summed E-state index contributed by atoms with van der Waals surface area (Å²) in [5, 5.41) is 17.2. The molecule has 1 nitrogen and oxygen atoms in total. The number of rotatable bonds is 3. The molecule has 0 saturated carbocycles. The van der Waals surface area contributed by atoms with Crippen LogP contribution in [0.5, 0.6) is 0 Å². The smallest absolute Gasteiger partial charge is 0.0682 e. The highest BCUT2D eigenvalue weighted by Gasteiger charge is 2.10. The average molecular weight is 411 g/mol. The molecule has 32 heavy (non-hydrogen) atoms. The highest BCUT2D eigenvalue weighted by Crippen LogP contribution is 2.37. The molecule has 0 saturated heterocycles. The summed E-state index contributed by atoms with van der Waals surface area (Å²) >= 11 is 0. The molecule has 0 aliphatic carbocycles. The van der Waals surface area contributed by atoms with E-state index in [4.69, 9.17) is 0 Å². The number of aliphatic hydroxyl groups excluding tert-OH is 1. The largest absolute Gasteiger partial charge is 0.392 e. The van der Waals surface area contributed by atoms with E-state index in [9.17, 15) is 5.11 Å². The fourth-order valence-corrected chi connectivity index (χ4v) is 4.81. The molecule has 0 aliphatic heterocycles. The molecular formula is C31H22O. The van der Waals surface area contributed by atoms with Gasteiger partial charge in [0, 0.05) is 0 Å².